The zero-order valence-corrected chi connectivity index (χ0v) is 11.3. The number of anilines is 1. The van der Waals surface area contributed by atoms with Gasteiger partial charge < -0.3 is 15.2 Å². The van der Waals surface area contributed by atoms with Crippen molar-refractivity contribution in [2.24, 2.45) is 5.92 Å². The maximum absolute atomic E-state index is 12.0. The minimum Gasteiger partial charge on any atom is -0.481 e. The van der Waals surface area contributed by atoms with E-state index in [1.54, 1.807) is 12.1 Å². The van der Waals surface area contributed by atoms with Crippen LogP contribution in [0, 0.1) is 5.92 Å². The van der Waals surface area contributed by atoms with Crippen LogP contribution in [-0.2, 0) is 20.7 Å². The summed E-state index contributed by atoms with van der Waals surface area (Å²) in [7, 11) is 0. The van der Waals surface area contributed by atoms with Crippen LogP contribution in [0.4, 0.5) is 5.69 Å². The molecule has 1 aromatic rings. The van der Waals surface area contributed by atoms with Crippen molar-refractivity contribution in [1.82, 2.24) is 0 Å². The number of carbonyl (C=O) groups is 2. The topological polar surface area (TPSA) is 75.6 Å². The number of hydrogen-bond donors (Lipinski definition) is 2. The fourth-order valence-electron chi connectivity index (χ4n) is 2.20. The van der Waals surface area contributed by atoms with Crippen molar-refractivity contribution in [3.05, 3.63) is 29.8 Å². The maximum atomic E-state index is 12.0. The highest BCUT2D eigenvalue weighted by Gasteiger charge is 2.21. The molecule has 1 amide bonds. The maximum Gasteiger partial charge on any atom is 0.303 e. The molecule has 0 aliphatic carbocycles. The highest BCUT2D eigenvalue weighted by molar-refractivity contribution is 5.92. The average molecular weight is 277 g/mol. The van der Waals surface area contributed by atoms with E-state index < -0.39 is 5.97 Å². The molecule has 20 heavy (non-hydrogen) atoms. The van der Waals surface area contributed by atoms with Gasteiger partial charge in [-0.2, -0.15) is 0 Å². The number of rotatable bonds is 5. The van der Waals surface area contributed by atoms with Gasteiger partial charge in [0.2, 0.25) is 5.91 Å². The number of carbonyl (C=O) groups excluding carboxylic acids is 1. The van der Waals surface area contributed by atoms with E-state index in [4.69, 9.17) is 9.84 Å². The number of amides is 1. The van der Waals surface area contributed by atoms with Gasteiger partial charge in [0.05, 0.1) is 12.5 Å². The fourth-order valence-corrected chi connectivity index (χ4v) is 2.20. The minimum atomic E-state index is -0.806. The van der Waals surface area contributed by atoms with Gasteiger partial charge in [-0.1, -0.05) is 12.1 Å². The molecule has 1 atom stereocenters. The van der Waals surface area contributed by atoms with Gasteiger partial charge in [0.15, 0.2) is 0 Å². The molecule has 0 bridgehead atoms. The number of carboxylic acid groups (broad SMARTS) is 1. The van der Waals surface area contributed by atoms with Crippen LogP contribution in [0.25, 0.3) is 0 Å². The minimum absolute atomic E-state index is 0.0111. The molecule has 0 saturated carbocycles. The molecule has 1 heterocycles. The van der Waals surface area contributed by atoms with Crippen LogP contribution in [0.15, 0.2) is 24.3 Å². The summed E-state index contributed by atoms with van der Waals surface area (Å²) in [5.74, 6) is -0.891. The Morgan fingerprint density at radius 3 is 2.65 bits per heavy atom. The van der Waals surface area contributed by atoms with Gasteiger partial charge >= 0.3 is 5.97 Å². The van der Waals surface area contributed by atoms with Crippen LogP contribution in [0.5, 0.6) is 0 Å². The molecule has 1 saturated heterocycles. The fraction of sp³-hybridized carbons (Fsp3) is 0.467. The van der Waals surface area contributed by atoms with Crippen molar-refractivity contribution in [1.29, 1.82) is 0 Å². The molecular formula is C15H19NO4. The molecule has 0 radical (unpaired) electrons. The first-order chi connectivity index (χ1) is 9.65. The Balaban J connectivity index is 1.86. The Morgan fingerprint density at radius 2 is 2.05 bits per heavy atom. The second-order valence-electron chi connectivity index (χ2n) is 4.99. The molecule has 1 aromatic carbocycles. The third-order valence-electron chi connectivity index (χ3n) is 3.38. The molecule has 2 N–H and O–H groups in total. The monoisotopic (exact) mass is 277 g/mol. The van der Waals surface area contributed by atoms with E-state index >= 15 is 0 Å². The number of hydrogen-bond acceptors (Lipinski definition) is 3. The first-order valence-corrected chi connectivity index (χ1v) is 6.84. The van der Waals surface area contributed by atoms with Crippen molar-refractivity contribution in [2.75, 3.05) is 18.5 Å². The third-order valence-corrected chi connectivity index (χ3v) is 3.38. The number of ether oxygens (including phenoxy) is 1. The SMILES string of the molecule is O=C(O)CCc1ccc(NC(=O)C2CCCOC2)cc1. The summed E-state index contributed by atoms with van der Waals surface area (Å²) in [6.07, 6.45) is 2.40. The molecular weight excluding hydrogens is 258 g/mol. The normalized spacial score (nSPS) is 18.5. The molecule has 5 nitrogen and oxygen atoms in total. The van der Waals surface area contributed by atoms with E-state index in [0.717, 1.165) is 30.7 Å². The Hall–Kier alpha value is -1.88. The Bertz CT molecular complexity index is 463. The van der Waals surface area contributed by atoms with Crippen molar-refractivity contribution >= 4 is 17.6 Å². The zero-order valence-electron chi connectivity index (χ0n) is 11.3. The molecule has 1 unspecified atom stereocenters. The highest BCUT2D eigenvalue weighted by atomic mass is 16.5. The molecule has 1 aliphatic heterocycles. The van der Waals surface area contributed by atoms with Crippen molar-refractivity contribution in [3.8, 4) is 0 Å². The molecule has 5 heteroatoms. The zero-order chi connectivity index (χ0) is 14.4. The van der Waals surface area contributed by atoms with Gasteiger partial charge in [-0.25, -0.2) is 0 Å². The quantitative estimate of drug-likeness (QED) is 0.864. The van der Waals surface area contributed by atoms with E-state index in [1.165, 1.54) is 0 Å². The van der Waals surface area contributed by atoms with Gasteiger partial charge in [0.25, 0.3) is 0 Å². The van der Waals surface area contributed by atoms with Gasteiger partial charge in [0.1, 0.15) is 0 Å². The third kappa shape index (κ3) is 4.35. The predicted octanol–water partition coefficient (Wildman–Crippen LogP) is 2.07. The molecule has 1 aliphatic rings. The van der Waals surface area contributed by atoms with Crippen LogP contribution < -0.4 is 5.32 Å². The lowest BCUT2D eigenvalue weighted by atomic mass is 10.0. The van der Waals surface area contributed by atoms with E-state index in [0.29, 0.717) is 13.0 Å². The first-order valence-electron chi connectivity index (χ1n) is 6.84. The highest BCUT2D eigenvalue weighted by Crippen LogP contribution is 2.17. The van der Waals surface area contributed by atoms with Gasteiger partial charge in [0, 0.05) is 18.7 Å². The summed E-state index contributed by atoms with van der Waals surface area (Å²) in [5.41, 5.74) is 1.69. The Labute approximate surface area is 117 Å². The smallest absolute Gasteiger partial charge is 0.303 e. The molecule has 2 rings (SSSR count). The summed E-state index contributed by atoms with van der Waals surface area (Å²) < 4.78 is 5.30. The summed E-state index contributed by atoms with van der Waals surface area (Å²) in [6.45, 7) is 1.23. The van der Waals surface area contributed by atoms with E-state index in [9.17, 15) is 9.59 Å². The van der Waals surface area contributed by atoms with Crippen LogP contribution in [-0.4, -0.2) is 30.2 Å². The number of nitrogens with one attached hydrogen (secondary N) is 1. The standard InChI is InChI=1S/C15H19NO4/c17-14(18)8-5-11-3-6-13(7-4-11)16-15(19)12-2-1-9-20-10-12/h3-4,6-7,12H,1-2,5,8-10H2,(H,16,19)(H,17,18). The van der Waals surface area contributed by atoms with Crippen LogP contribution in [0.3, 0.4) is 0 Å². The second-order valence-corrected chi connectivity index (χ2v) is 4.99. The second kappa shape index (κ2) is 7.05. The number of aliphatic carboxylic acids is 1. The lowest BCUT2D eigenvalue weighted by molar-refractivity contribution is -0.137. The summed E-state index contributed by atoms with van der Waals surface area (Å²) in [6, 6.07) is 7.30. The van der Waals surface area contributed by atoms with Gasteiger partial charge in [-0.3, -0.25) is 9.59 Å². The number of aryl methyl sites for hydroxylation is 1. The number of carboxylic acids is 1. The number of benzene rings is 1. The average Bonchev–Trinajstić information content (AvgIpc) is 2.47. The lowest BCUT2D eigenvalue weighted by Gasteiger charge is -2.21. The summed E-state index contributed by atoms with van der Waals surface area (Å²) in [4.78, 5) is 22.5. The Morgan fingerprint density at radius 1 is 1.30 bits per heavy atom. The van der Waals surface area contributed by atoms with E-state index in [1.807, 2.05) is 12.1 Å². The van der Waals surface area contributed by atoms with Crippen molar-refractivity contribution in [3.63, 3.8) is 0 Å². The molecule has 0 aromatic heterocycles. The largest absolute Gasteiger partial charge is 0.481 e. The van der Waals surface area contributed by atoms with E-state index in [-0.39, 0.29) is 18.2 Å². The summed E-state index contributed by atoms with van der Waals surface area (Å²) >= 11 is 0. The van der Waals surface area contributed by atoms with Crippen molar-refractivity contribution in [2.45, 2.75) is 25.7 Å². The van der Waals surface area contributed by atoms with Crippen LogP contribution >= 0.6 is 0 Å². The predicted molar refractivity (Wildman–Crippen MR) is 74.6 cm³/mol. The van der Waals surface area contributed by atoms with Crippen LogP contribution in [0.1, 0.15) is 24.8 Å². The van der Waals surface area contributed by atoms with Gasteiger partial charge in [-0.05, 0) is 37.0 Å². The molecule has 0 spiro atoms. The van der Waals surface area contributed by atoms with Crippen molar-refractivity contribution < 1.29 is 19.4 Å². The lowest BCUT2D eigenvalue weighted by Crippen LogP contribution is -2.30. The summed E-state index contributed by atoms with van der Waals surface area (Å²) in [5, 5.41) is 11.5. The van der Waals surface area contributed by atoms with Gasteiger partial charge in [-0.15, -0.1) is 0 Å². The Kier molecular flexibility index (Phi) is 5.12. The molecule has 108 valence electrons. The molecule has 1 fully saturated rings. The van der Waals surface area contributed by atoms with E-state index in [2.05, 4.69) is 5.32 Å². The van der Waals surface area contributed by atoms with Crippen LogP contribution in [0.2, 0.25) is 0 Å². The first kappa shape index (κ1) is 14.5.